The van der Waals surface area contributed by atoms with E-state index >= 15 is 0 Å². The van der Waals surface area contributed by atoms with Gasteiger partial charge in [0.2, 0.25) is 0 Å². The predicted octanol–water partition coefficient (Wildman–Crippen LogP) is 3.82. The van der Waals surface area contributed by atoms with Crippen LogP contribution in [0.3, 0.4) is 0 Å². The fraction of sp³-hybridized carbons (Fsp3) is 0.360. The van der Waals surface area contributed by atoms with Gasteiger partial charge in [0, 0.05) is 53.9 Å². The standard InChI is InChI=1S/C25H27N5O/c31-25(19-7-2-1-3-8-19)27-17-20-9-4-5-16-30(20)24-21-10-6-11-22(21)28-23(29-24)18-12-14-26-15-13-18/h1-3,7-8,12-15,20H,4-6,9-11,16-17H2,(H,27,31). The maximum Gasteiger partial charge on any atom is 0.251 e. The summed E-state index contributed by atoms with van der Waals surface area (Å²) in [6.45, 7) is 1.59. The Morgan fingerprint density at radius 2 is 1.84 bits per heavy atom. The summed E-state index contributed by atoms with van der Waals surface area (Å²) in [5.41, 5.74) is 4.16. The molecular formula is C25H27N5O. The maximum atomic E-state index is 12.6. The number of nitrogens with one attached hydrogen (secondary N) is 1. The van der Waals surface area contributed by atoms with Crippen molar-refractivity contribution in [1.82, 2.24) is 20.3 Å². The first-order valence-electron chi connectivity index (χ1n) is 11.2. The zero-order chi connectivity index (χ0) is 21.0. The highest BCUT2D eigenvalue weighted by Gasteiger charge is 2.29. The van der Waals surface area contributed by atoms with Crippen LogP contribution in [0, 0.1) is 0 Å². The minimum Gasteiger partial charge on any atom is -0.352 e. The number of amides is 1. The summed E-state index contributed by atoms with van der Waals surface area (Å²) in [4.78, 5) is 29.1. The second-order valence-corrected chi connectivity index (χ2v) is 8.30. The van der Waals surface area contributed by atoms with Crippen molar-refractivity contribution in [3.8, 4) is 11.4 Å². The topological polar surface area (TPSA) is 71.0 Å². The summed E-state index contributed by atoms with van der Waals surface area (Å²) < 4.78 is 0. The highest BCUT2D eigenvalue weighted by molar-refractivity contribution is 5.94. The van der Waals surface area contributed by atoms with E-state index in [-0.39, 0.29) is 11.9 Å². The Labute approximate surface area is 182 Å². The molecule has 6 nitrogen and oxygen atoms in total. The highest BCUT2D eigenvalue weighted by Crippen LogP contribution is 2.34. The normalized spacial score (nSPS) is 17.9. The van der Waals surface area contributed by atoms with Crippen LogP contribution in [0.5, 0.6) is 0 Å². The number of hydrogen-bond acceptors (Lipinski definition) is 5. The average Bonchev–Trinajstić information content (AvgIpc) is 3.32. The van der Waals surface area contributed by atoms with Gasteiger partial charge in [-0.1, -0.05) is 18.2 Å². The number of benzene rings is 1. The van der Waals surface area contributed by atoms with E-state index in [0.29, 0.717) is 12.1 Å². The van der Waals surface area contributed by atoms with Crippen LogP contribution in [0.4, 0.5) is 5.82 Å². The van der Waals surface area contributed by atoms with Gasteiger partial charge in [0.1, 0.15) is 5.82 Å². The molecule has 1 fully saturated rings. The molecule has 0 bridgehead atoms. The van der Waals surface area contributed by atoms with E-state index in [9.17, 15) is 4.79 Å². The molecule has 5 rings (SSSR count). The van der Waals surface area contributed by atoms with Crippen molar-refractivity contribution < 1.29 is 4.79 Å². The average molecular weight is 414 g/mol. The van der Waals surface area contributed by atoms with Crippen LogP contribution >= 0.6 is 0 Å². The van der Waals surface area contributed by atoms with Crippen molar-refractivity contribution in [3.63, 3.8) is 0 Å². The molecule has 1 aromatic carbocycles. The van der Waals surface area contributed by atoms with Gasteiger partial charge in [-0.15, -0.1) is 0 Å². The molecule has 1 aliphatic heterocycles. The number of carbonyl (C=O) groups excluding carboxylic acids is 1. The van der Waals surface area contributed by atoms with Crippen molar-refractivity contribution in [2.45, 2.75) is 44.6 Å². The molecule has 2 aliphatic rings. The van der Waals surface area contributed by atoms with Gasteiger partial charge < -0.3 is 10.2 Å². The first-order chi connectivity index (χ1) is 15.3. The van der Waals surface area contributed by atoms with Crippen LogP contribution in [0.15, 0.2) is 54.9 Å². The largest absolute Gasteiger partial charge is 0.352 e. The van der Waals surface area contributed by atoms with Crippen LogP contribution < -0.4 is 10.2 Å². The highest BCUT2D eigenvalue weighted by atomic mass is 16.1. The fourth-order valence-corrected chi connectivity index (χ4v) is 4.67. The van der Waals surface area contributed by atoms with Crippen LogP contribution in [-0.2, 0) is 12.8 Å². The number of piperidine rings is 1. The Balaban J connectivity index is 1.42. The molecular weight excluding hydrogens is 386 g/mol. The second kappa shape index (κ2) is 8.84. The number of anilines is 1. The molecule has 1 amide bonds. The molecule has 158 valence electrons. The number of rotatable bonds is 5. The van der Waals surface area contributed by atoms with Crippen molar-refractivity contribution in [1.29, 1.82) is 0 Å². The summed E-state index contributed by atoms with van der Waals surface area (Å²) in [5, 5.41) is 3.15. The van der Waals surface area contributed by atoms with Gasteiger partial charge in [-0.2, -0.15) is 0 Å². The molecule has 1 aliphatic carbocycles. The quantitative estimate of drug-likeness (QED) is 0.689. The van der Waals surface area contributed by atoms with Crippen molar-refractivity contribution in [2.24, 2.45) is 0 Å². The Morgan fingerprint density at radius 1 is 1.00 bits per heavy atom. The van der Waals surface area contributed by atoms with Gasteiger partial charge in [0.05, 0.1) is 0 Å². The van der Waals surface area contributed by atoms with Gasteiger partial charge in [0.25, 0.3) is 5.91 Å². The summed E-state index contributed by atoms with van der Waals surface area (Å²) in [6, 6.07) is 13.6. The zero-order valence-electron chi connectivity index (χ0n) is 17.6. The minimum absolute atomic E-state index is 0.0171. The third-order valence-electron chi connectivity index (χ3n) is 6.28. The molecule has 1 atom stereocenters. The van der Waals surface area contributed by atoms with Gasteiger partial charge in [-0.25, -0.2) is 9.97 Å². The predicted molar refractivity (Wildman–Crippen MR) is 121 cm³/mol. The lowest BCUT2D eigenvalue weighted by Crippen LogP contribution is -2.47. The molecule has 1 unspecified atom stereocenters. The number of aryl methyl sites for hydroxylation is 1. The summed E-state index contributed by atoms with van der Waals surface area (Å²) >= 11 is 0. The first-order valence-corrected chi connectivity index (χ1v) is 11.2. The van der Waals surface area contributed by atoms with Gasteiger partial charge >= 0.3 is 0 Å². The van der Waals surface area contributed by atoms with E-state index in [4.69, 9.17) is 9.97 Å². The van der Waals surface area contributed by atoms with Gasteiger partial charge in [0.15, 0.2) is 5.82 Å². The summed E-state index contributed by atoms with van der Waals surface area (Å²) in [6.07, 6.45) is 10.1. The smallest absolute Gasteiger partial charge is 0.251 e. The molecule has 2 aromatic heterocycles. The zero-order valence-corrected chi connectivity index (χ0v) is 17.6. The van der Waals surface area contributed by atoms with Gasteiger partial charge in [-0.3, -0.25) is 9.78 Å². The maximum absolute atomic E-state index is 12.6. The van der Waals surface area contributed by atoms with E-state index in [1.165, 1.54) is 17.7 Å². The summed E-state index contributed by atoms with van der Waals surface area (Å²) in [5.74, 6) is 1.82. The molecule has 1 saturated heterocycles. The third-order valence-corrected chi connectivity index (χ3v) is 6.28. The van der Waals surface area contributed by atoms with E-state index in [1.54, 1.807) is 12.4 Å². The second-order valence-electron chi connectivity index (χ2n) is 8.30. The van der Waals surface area contributed by atoms with Crippen molar-refractivity contribution in [2.75, 3.05) is 18.0 Å². The number of carbonyl (C=O) groups is 1. The molecule has 31 heavy (non-hydrogen) atoms. The molecule has 0 saturated carbocycles. The minimum atomic E-state index is -0.0171. The lowest BCUT2D eigenvalue weighted by Gasteiger charge is -2.38. The van der Waals surface area contributed by atoms with Crippen LogP contribution in [0.2, 0.25) is 0 Å². The van der Waals surface area contributed by atoms with Crippen LogP contribution in [-0.4, -0.2) is 40.0 Å². The molecule has 3 heterocycles. The van der Waals surface area contributed by atoms with E-state index in [0.717, 1.165) is 55.9 Å². The third kappa shape index (κ3) is 4.15. The molecule has 6 heteroatoms. The molecule has 0 spiro atoms. The molecule has 0 radical (unpaired) electrons. The number of nitrogens with zero attached hydrogens (tertiary/aromatic N) is 4. The first kappa shape index (κ1) is 19.7. The van der Waals surface area contributed by atoms with Crippen LogP contribution in [0.1, 0.15) is 47.3 Å². The molecule has 1 N–H and O–H groups in total. The van der Waals surface area contributed by atoms with E-state index < -0.39 is 0 Å². The Kier molecular flexibility index (Phi) is 5.61. The van der Waals surface area contributed by atoms with E-state index in [1.807, 2.05) is 42.5 Å². The van der Waals surface area contributed by atoms with Crippen molar-refractivity contribution >= 4 is 11.7 Å². The number of pyridine rings is 1. The number of hydrogen-bond donors (Lipinski definition) is 1. The SMILES string of the molecule is O=C(NCC1CCCCN1c1nc(-c2ccncc2)nc2c1CCC2)c1ccccc1. The Morgan fingerprint density at radius 3 is 2.68 bits per heavy atom. The lowest BCUT2D eigenvalue weighted by molar-refractivity contribution is 0.0949. The Hall–Kier alpha value is -3.28. The summed E-state index contributed by atoms with van der Waals surface area (Å²) in [7, 11) is 0. The van der Waals surface area contributed by atoms with E-state index in [2.05, 4.69) is 15.2 Å². The number of aromatic nitrogens is 3. The monoisotopic (exact) mass is 413 g/mol. The Bertz CT molecular complexity index is 1050. The number of fused-ring (bicyclic) bond motifs is 1. The van der Waals surface area contributed by atoms with Crippen LogP contribution in [0.25, 0.3) is 11.4 Å². The fourth-order valence-electron chi connectivity index (χ4n) is 4.67. The lowest BCUT2D eigenvalue weighted by atomic mass is 10.0. The van der Waals surface area contributed by atoms with Gasteiger partial charge in [-0.05, 0) is 62.8 Å². The van der Waals surface area contributed by atoms with Crippen molar-refractivity contribution in [3.05, 3.63) is 71.7 Å². The molecule has 3 aromatic rings.